The topological polar surface area (TPSA) is 50.5 Å². The smallest absolute Gasteiger partial charge is 0.387 e. The van der Waals surface area contributed by atoms with E-state index in [9.17, 15) is 8.78 Å². The largest absolute Gasteiger partial charge is 0.433 e. The number of rotatable bonds is 5. The molecule has 1 fully saturated rings. The van der Waals surface area contributed by atoms with Crippen LogP contribution < -0.4 is 20.7 Å². The summed E-state index contributed by atoms with van der Waals surface area (Å²) in [5.41, 5.74) is 7.12. The molecule has 2 rings (SSSR count). The van der Waals surface area contributed by atoms with Crippen LogP contribution in [0.25, 0.3) is 0 Å². The van der Waals surface area contributed by atoms with Gasteiger partial charge in [0.15, 0.2) is 0 Å². The highest BCUT2D eigenvalue weighted by Crippen LogP contribution is 2.31. The Kier molecular flexibility index (Phi) is 4.93. The highest BCUT2D eigenvalue weighted by molar-refractivity contribution is 5.60. The fourth-order valence-corrected chi connectivity index (χ4v) is 2.24. The molecule has 106 valence electrons. The molecule has 0 aliphatic carbocycles. The van der Waals surface area contributed by atoms with Gasteiger partial charge >= 0.3 is 6.61 Å². The van der Waals surface area contributed by atoms with Crippen molar-refractivity contribution in [3.63, 3.8) is 0 Å². The van der Waals surface area contributed by atoms with Gasteiger partial charge in [-0.05, 0) is 30.7 Å². The van der Waals surface area contributed by atoms with Gasteiger partial charge in [-0.2, -0.15) is 8.78 Å². The predicted octanol–water partition coefficient (Wildman–Crippen LogP) is 1.20. The molecule has 1 aliphatic rings. The fourth-order valence-electron chi connectivity index (χ4n) is 2.24. The Bertz CT molecular complexity index is 409. The van der Waals surface area contributed by atoms with E-state index in [1.165, 1.54) is 0 Å². The second-order valence-corrected chi connectivity index (χ2v) is 4.46. The highest BCUT2D eigenvalue weighted by Gasteiger charge is 2.17. The SMILES string of the molecule is NCCc1ccc(N2CCNCC2)c(OC(F)F)c1. The Morgan fingerprint density at radius 3 is 2.68 bits per heavy atom. The van der Waals surface area contributed by atoms with E-state index in [4.69, 9.17) is 5.73 Å². The number of piperazine rings is 1. The van der Waals surface area contributed by atoms with Crippen molar-refractivity contribution in [1.29, 1.82) is 0 Å². The molecular weight excluding hydrogens is 252 g/mol. The number of hydrogen-bond acceptors (Lipinski definition) is 4. The molecule has 19 heavy (non-hydrogen) atoms. The van der Waals surface area contributed by atoms with Crippen LogP contribution in [0, 0.1) is 0 Å². The summed E-state index contributed by atoms with van der Waals surface area (Å²) in [6, 6.07) is 5.42. The lowest BCUT2D eigenvalue weighted by Gasteiger charge is -2.31. The standard InChI is InChI=1S/C13H19F2N3O/c14-13(15)19-12-9-10(3-4-16)1-2-11(12)18-7-5-17-6-8-18/h1-2,9,13,17H,3-8,16H2. The molecule has 0 saturated carbocycles. The quantitative estimate of drug-likeness (QED) is 0.845. The summed E-state index contributed by atoms with van der Waals surface area (Å²) in [5.74, 6) is 0.239. The molecule has 1 heterocycles. The van der Waals surface area contributed by atoms with E-state index in [0.717, 1.165) is 37.4 Å². The Morgan fingerprint density at radius 2 is 2.05 bits per heavy atom. The van der Waals surface area contributed by atoms with Crippen LogP contribution in [0.4, 0.5) is 14.5 Å². The van der Waals surface area contributed by atoms with Crippen LogP contribution >= 0.6 is 0 Å². The minimum Gasteiger partial charge on any atom is -0.433 e. The number of ether oxygens (including phenoxy) is 1. The first-order valence-electron chi connectivity index (χ1n) is 6.44. The number of nitrogens with one attached hydrogen (secondary N) is 1. The first kappa shape index (κ1) is 14.0. The summed E-state index contributed by atoms with van der Waals surface area (Å²) in [5, 5.41) is 3.23. The van der Waals surface area contributed by atoms with Crippen LogP contribution in [0.3, 0.4) is 0 Å². The van der Waals surface area contributed by atoms with E-state index in [0.29, 0.717) is 13.0 Å². The number of nitrogens with zero attached hydrogens (tertiary/aromatic N) is 1. The van der Waals surface area contributed by atoms with Crippen LogP contribution in [-0.2, 0) is 6.42 Å². The van der Waals surface area contributed by atoms with Gasteiger partial charge in [-0.3, -0.25) is 0 Å². The van der Waals surface area contributed by atoms with Gasteiger partial charge in [0.05, 0.1) is 5.69 Å². The lowest BCUT2D eigenvalue weighted by atomic mass is 10.1. The molecule has 1 saturated heterocycles. The van der Waals surface area contributed by atoms with E-state index in [1.807, 2.05) is 12.1 Å². The van der Waals surface area contributed by atoms with E-state index in [2.05, 4.69) is 15.0 Å². The maximum atomic E-state index is 12.5. The van der Waals surface area contributed by atoms with E-state index in [1.54, 1.807) is 6.07 Å². The van der Waals surface area contributed by atoms with Crippen LogP contribution in [0.2, 0.25) is 0 Å². The first-order chi connectivity index (χ1) is 9.20. The molecule has 1 aliphatic heterocycles. The fraction of sp³-hybridized carbons (Fsp3) is 0.538. The Morgan fingerprint density at radius 1 is 1.32 bits per heavy atom. The molecule has 0 aromatic heterocycles. The van der Waals surface area contributed by atoms with Gasteiger partial charge in [0.2, 0.25) is 0 Å². The first-order valence-corrected chi connectivity index (χ1v) is 6.44. The van der Waals surface area contributed by atoms with Gasteiger partial charge < -0.3 is 20.7 Å². The van der Waals surface area contributed by atoms with Crippen LogP contribution in [-0.4, -0.2) is 39.3 Å². The van der Waals surface area contributed by atoms with Gasteiger partial charge in [0.1, 0.15) is 5.75 Å². The molecule has 0 atom stereocenters. The second kappa shape index (κ2) is 6.68. The summed E-state index contributed by atoms with van der Waals surface area (Å²) in [7, 11) is 0. The molecule has 0 amide bonds. The Labute approximate surface area is 111 Å². The van der Waals surface area contributed by atoms with Crippen molar-refractivity contribution in [1.82, 2.24) is 5.32 Å². The van der Waals surface area contributed by atoms with Crippen molar-refractivity contribution in [2.45, 2.75) is 13.0 Å². The number of anilines is 1. The van der Waals surface area contributed by atoms with Crippen molar-refractivity contribution in [3.05, 3.63) is 23.8 Å². The molecule has 4 nitrogen and oxygen atoms in total. The number of alkyl halides is 2. The average molecular weight is 271 g/mol. The summed E-state index contributed by atoms with van der Waals surface area (Å²) >= 11 is 0. The molecule has 0 bridgehead atoms. The molecule has 0 radical (unpaired) electrons. The second-order valence-electron chi connectivity index (χ2n) is 4.46. The third-order valence-electron chi connectivity index (χ3n) is 3.13. The van der Waals surface area contributed by atoms with Gasteiger partial charge in [-0.1, -0.05) is 6.07 Å². The van der Waals surface area contributed by atoms with Crippen molar-refractivity contribution < 1.29 is 13.5 Å². The molecule has 0 unspecified atom stereocenters. The Hall–Kier alpha value is -1.40. The summed E-state index contributed by atoms with van der Waals surface area (Å²) < 4.78 is 29.7. The van der Waals surface area contributed by atoms with Gasteiger partial charge in [0.25, 0.3) is 0 Å². The molecule has 0 spiro atoms. The lowest BCUT2D eigenvalue weighted by molar-refractivity contribution is -0.0495. The van der Waals surface area contributed by atoms with Crippen molar-refractivity contribution in [3.8, 4) is 5.75 Å². The summed E-state index contributed by atoms with van der Waals surface area (Å²) in [6.45, 7) is 0.944. The van der Waals surface area contributed by atoms with Crippen LogP contribution in [0.15, 0.2) is 18.2 Å². The normalized spacial score (nSPS) is 15.9. The monoisotopic (exact) mass is 271 g/mol. The number of nitrogens with two attached hydrogens (primary N) is 1. The highest BCUT2D eigenvalue weighted by atomic mass is 19.3. The van der Waals surface area contributed by atoms with E-state index in [-0.39, 0.29) is 5.75 Å². The van der Waals surface area contributed by atoms with Gasteiger partial charge in [-0.15, -0.1) is 0 Å². The summed E-state index contributed by atoms with van der Waals surface area (Å²) in [4.78, 5) is 2.06. The predicted molar refractivity (Wildman–Crippen MR) is 70.9 cm³/mol. The van der Waals surface area contributed by atoms with Crippen molar-refractivity contribution >= 4 is 5.69 Å². The van der Waals surface area contributed by atoms with Crippen LogP contribution in [0.5, 0.6) is 5.75 Å². The van der Waals surface area contributed by atoms with Gasteiger partial charge in [-0.25, -0.2) is 0 Å². The zero-order valence-electron chi connectivity index (χ0n) is 10.7. The zero-order valence-corrected chi connectivity index (χ0v) is 10.7. The maximum Gasteiger partial charge on any atom is 0.387 e. The molecule has 1 aromatic carbocycles. The molecule has 6 heteroatoms. The molecule has 1 aromatic rings. The number of hydrogen-bond donors (Lipinski definition) is 2. The van der Waals surface area contributed by atoms with E-state index >= 15 is 0 Å². The maximum absolute atomic E-state index is 12.5. The minimum atomic E-state index is -2.81. The lowest BCUT2D eigenvalue weighted by Crippen LogP contribution is -2.43. The zero-order chi connectivity index (χ0) is 13.7. The average Bonchev–Trinajstić information content (AvgIpc) is 2.40. The third kappa shape index (κ3) is 3.78. The summed E-state index contributed by atoms with van der Waals surface area (Å²) in [6.07, 6.45) is 0.654. The Balaban J connectivity index is 2.23. The van der Waals surface area contributed by atoms with E-state index < -0.39 is 6.61 Å². The number of halogens is 2. The minimum absolute atomic E-state index is 0.239. The van der Waals surface area contributed by atoms with Crippen LogP contribution in [0.1, 0.15) is 5.56 Å². The van der Waals surface area contributed by atoms with Gasteiger partial charge in [0, 0.05) is 26.2 Å². The molecular formula is C13H19F2N3O. The number of benzene rings is 1. The third-order valence-corrected chi connectivity index (χ3v) is 3.13. The molecule has 3 N–H and O–H groups in total. The van der Waals surface area contributed by atoms with Crippen molar-refractivity contribution in [2.24, 2.45) is 5.73 Å². The van der Waals surface area contributed by atoms with Crippen molar-refractivity contribution in [2.75, 3.05) is 37.6 Å².